The van der Waals surface area contributed by atoms with Crippen LogP contribution in [0.3, 0.4) is 0 Å². The van der Waals surface area contributed by atoms with Gasteiger partial charge < -0.3 is 5.32 Å². The summed E-state index contributed by atoms with van der Waals surface area (Å²) in [6, 6.07) is 14.4. The highest BCUT2D eigenvalue weighted by molar-refractivity contribution is 5.97. The lowest BCUT2D eigenvalue weighted by atomic mass is 10.1. The van der Waals surface area contributed by atoms with Crippen LogP contribution < -0.4 is 5.32 Å². The van der Waals surface area contributed by atoms with Crippen molar-refractivity contribution in [2.45, 2.75) is 0 Å². The maximum Gasteiger partial charge on any atom is 0.160 e. The molecule has 0 aliphatic carbocycles. The van der Waals surface area contributed by atoms with Crippen LogP contribution in [-0.4, -0.2) is 20.2 Å². The monoisotopic (exact) mass is 261 g/mol. The van der Waals surface area contributed by atoms with E-state index in [0.29, 0.717) is 0 Å². The molecule has 96 valence electrons. The molecule has 2 aromatic heterocycles. The van der Waals surface area contributed by atoms with Crippen molar-refractivity contribution in [3.63, 3.8) is 0 Å². The number of hydrogen-bond donors (Lipinski definition) is 2. The Morgan fingerprint density at radius 2 is 1.80 bits per heavy atom. The van der Waals surface area contributed by atoms with Crippen LogP contribution in [0.5, 0.6) is 0 Å². The molecule has 2 aromatic carbocycles. The summed E-state index contributed by atoms with van der Waals surface area (Å²) < 4.78 is 0. The molecule has 4 aromatic rings. The first kappa shape index (κ1) is 10.9. The molecule has 0 spiro atoms. The largest absolute Gasteiger partial charge is 0.339 e. The van der Waals surface area contributed by atoms with Crippen molar-refractivity contribution in [2.75, 3.05) is 5.32 Å². The number of H-pyrrole nitrogens is 1. The smallest absolute Gasteiger partial charge is 0.160 e. The van der Waals surface area contributed by atoms with Gasteiger partial charge in [-0.15, -0.1) is 0 Å². The molecule has 20 heavy (non-hydrogen) atoms. The lowest BCUT2D eigenvalue weighted by Crippen LogP contribution is -1.95. The molecule has 0 saturated carbocycles. The summed E-state index contributed by atoms with van der Waals surface area (Å²) >= 11 is 0. The summed E-state index contributed by atoms with van der Waals surface area (Å²) in [6.45, 7) is 0. The van der Waals surface area contributed by atoms with Gasteiger partial charge in [0.1, 0.15) is 12.1 Å². The maximum absolute atomic E-state index is 4.30. The predicted molar refractivity (Wildman–Crippen MR) is 78.9 cm³/mol. The first-order valence-electron chi connectivity index (χ1n) is 6.31. The van der Waals surface area contributed by atoms with Gasteiger partial charge in [-0.2, -0.15) is 5.10 Å². The molecule has 0 aliphatic rings. The van der Waals surface area contributed by atoms with E-state index in [1.54, 1.807) is 6.20 Å². The van der Waals surface area contributed by atoms with Gasteiger partial charge in [0.05, 0.1) is 11.6 Å². The number of rotatable bonds is 2. The van der Waals surface area contributed by atoms with Gasteiger partial charge in [-0.05, 0) is 11.5 Å². The topological polar surface area (TPSA) is 66.5 Å². The molecular formula is C15H11N5. The number of nitrogens with zero attached hydrogens (tertiary/aromatic N) is 3. The molecule has 0 atom stereocenters. The third-order valence-electron chi connectivity index (χ3n) is 3.29. The van der Waals surface area contributed by atoms with E-state index < -0.39 is 0 Å². The van der Waals surface area contributed by atoms with Crippen LogP contribution in [-0.2, 0) is 0 Å². The van der Waals surface area contributed by atoms with Crippen molar-refractivity contribution in [2.24, 2.45) is 0 Å². The minimum Gasteiger partial charge on any atom is -0.339 e. The SMILES string of the molecule is c1ccc2c(Nc3ncnc4[nH]ncc34)cccc2c1. The zero-order valence-corrected chi connectivity index (χ0v) is 10.5. The summed E-state index contributed by atoms with van der Waals surface area (Å²) in [5, 5.41) is 13.4. The fourth-order valence-corrected chi connectivity index (χ4v) is 2.33. The third-order valence-corrected chi connectivity index (χ3v) is 3.29. The molecule has 4 rings (SSSR count). The second kappa shape index (κ2) is 4.31. The Labute approximate surface area is 114 Å². The predicted octanol–water partition coefficient (Wildman–Crippen LogP) is 3.25. The molecule has 0 radical (unpaired) electrons. The van der Waals surface area contributed by atoms with Gasteiger partial charge >= 0.3 is 0 Å². The van der Waals surface area contributed by atoms with E-state index in [2.05, 4.69) is 43.7 Å². The van der Waals surface area contributed by atoms with Gasteiger partial charge in [0.15, 0.2) is 5.65 Å². The van der Waals surface area contributed by atoms with Crippen LogP contribution in [0.25, 0.3) is 21.8 Å². The number of anilines is 2. The number of hydrogen-bond acceptors (Lipinski definition) is 4. The van der Waals surface area contributed by atoms with Crippen LogP contribution in [0.1, 0.15) is 0 Å². The molecule has 0 fully saturated rings. The lowest BCUT2D eigenvalue weighted by Gasteiger charge is -2.09. The average molecular weight is 261 g/mol. The molecule has 2 N–H and O–H groups in total. The highest BCUT2D eigenvalue weighted by Gasteiger charge is 2.07. The van der Waals surface area contributed by atoms with E-state index >= 15 is 0 Å². The van der Waals surface area contributed by atoms with E-state index in [0.717, 1.165) is 27.9 Å². The maximum atomic E-state index is 4.30. The summed E-state index contributed by atoms with van der Waals surface area (Å²) in [4.78, 5) is 8.44. The minimum atomic E-state index is 0.725. The van der Waals surface area contributed by atoms with Crippen molar-refractivity contribution in [1.29, 1.82) is 0 Å². The van der Waals surface area contributed by atoms with Crippen LogP contribution >= 0.6 is 0 Å². The second-order valence-corrected chi connectivity index (χ2v) is 4.51. The Morgan fingerprint density at radius 3 is 2.80 bits per heavy atom. The van der Waals surface area contributed by atoms with E-state index in [9.17, 15) is 0 Å². The Hall–Kier alpha value is -2.95. The Kier molecular flexibility index (Phi) is 2.35. The molecule has 0 saturated heterocycles. The van der Waals surface area contributed by atoms with Gasteiger partial charge in [0, 0.05) is 11.1 Å². The number of fused-ring (bicyclic) bond motifs is 2. The van der Waals surface area contributed by atoms with Gasteiger partial charge in [0.2, 0.25) is 0 Å². The first-order valence-corrected chi connectivity index (χ1v) is 6.31. The summed E-state index contributed by atoms with van der Waals surface area (Å²) in [5.41, 5.74) is 1.74. The van der Waals surface area contributed by atoms with Crippen molar-refractivity contribution >= 4 is 33.3 Å². The van der Waals surface area contributed by atoms with Crippen molar-refractivity contribution < 1.29 is 0 Å². The van der Waals surface area contributed by atoms with Gasteiger partial charge in [-0.1, -0.05) is 36.4 Å². The van der Waals surface area contributed by atoms with Crippen LogP contribution in [0.15, 0.2) is 55.0 Å². The van der Waals surface area contributed by atoms with E-state index in [1.165, 1.54) is 11.7 Å². The van der Waals surface area contributed by atoms with Gasteiger partial charge in [0.25, 0.3) is 0 Å². The van der Waals surface area contributed by atoms with Crippen LogP contribution in [0.2, 0.25) is 0 Å². The van der Waals surface area contributed by atoms with Crippen molar-refractivity contribution in [3.05, 3.63) is 55.0 Å². The number of nitrogens with one attached hydrogen (secondary N) is 2. The highest BCUT2D eigenvalue weighted by atomic mass is 15.2. The van der Waals surface area contributed by atoms with E-state index in [4.69, 9.17) is 0 Å². The zero-order valence-electron chi connectivity index (χ0n) is 10.5. The Morgan fingerprint density at radius 1 is 0.900 bits per heavy atom. The fourth-order valence-electron chi connectivity index (χ4n) is 2.33. The molecule has 2 heterocycles. The normalized spacial score (nSPS) is 11.0. The second-order valence-electron chi connectivity index (χ2n) is 4.51. The Bertz CT molecular complexity index is 891. The Balaban J connectivity index is 1.87. The molecule has 0 unspecified atom stereocenters. The molecule has 5 nitrogen and oxygen atoms in total. The van der Waals surface area contributed by atoms with Crippen molar-refractivity contribution in [3.8, 4) is 0 Å². The van der Waals surface area contributed by atoms with Gasteiger partial charge in [-0.25, -0.2) is 9.97 Å². The first-order chi connectivity index (χ1) is 9.92. The van der Waals surface area contributed by atoms with Crippen LogP contribution in [0, 0.1) is 0 Å². The minimum absolute atomic E-state index is 0.725. The molecular weight excluding hydrogens is 250 g/mol. The molecule has 0 aliphatic heterocycles. The zero-order chi connectivity index (χ0) is 13.4. The number of aromatic amines is 1. The molecule has 0 bridgehead atoms. The van der Waals surface area contributed by atoms with Crippen LogP contribution in [0.4, 0.5) is 11.5 Å². The number of aromatic nitrogens is 4. The van der Waals surface area contributed by atoms with Gasteiger partial charge in [-0.3, -0.25) is 5.10 Å². The summed E-state index contributed by atoms with van der Waals surface area (Å²) in [6.07, 6.45) is 3.25. The summed E-state index contributed by atoms with van der Waals surface area (Å²) in [7, 11) is 0. The standard InChI is InChI=1S/C15H11N5/c1-2-6-11-10(4-1)5-3-7-13(11)19-14-12-8-18-20-15(12)17-9-16-14/h1-9H,(H2,16,17,18,19,20). The molecule has 5 heteroatoms. The number of benzene rings is 2. The quantitative estimate of drug-likeness (QED) is 0.581. The van der Waals surface area contributed by atoms with E-state index in [1.807, 2.05) is 24.3 Å². The third kappa shape index (κ3) is 1.68. The fraction of sp³-hybridized carbons (Fsp3) is 0. The average Bonchev–Trinajstić information content (AvgIpc) is 2.97. The molecule has 0 amide bonds. The van der Waals surface area contributed by atoms with Crippen molar-refractivity contribution in [1.82, 2.24) is 20.2 Å². The summed E-state index contributed by atoms with van der Waals surface area (Å²) in [5.74, 6) is 0.750. The van der Waals surface area contributed by atoms with E-state index in [-0.39, 0.29) is 0 Å². The lowest BCUT2D eigenvalue weighted by molar-refractivity contribution is 1.09. The highest BCUT2D eigenvalue weighted by Crippen LogP contribution is 2.27.